The van der Waals surface area contributed by atoms with Gasteiger partial charge >= 0.3 is 12.1 Å². The number of amides is 1. The molecule has 0 spiro atoms. The summed E-state index contributed by atoms with van der Waals surface area (Å²) < 4.78 is 6.44. The Kier molecular flexibility index (Phi) is 4.05. The van der Waals surface area contributed by atoms with Crippen molar-refractivity contribution in [1.29, 1.82) is 0 Å². The number of ether oxygens (including phenoxy) is 1. The summed E-state index contributed by atoms with van der Waals surface area (Å²) in [5.74, 6) is -1.11. The Bertz CT molecular complexity index is 619. The van der Waals surface area contributed by atoms with Crippen molar-refractivity contribution >= 4 is 17.7 Å². The number of hydrogen-bond acceptors (Lipinski definition) is 3. The summed E-state index contributed by atoms with van der Waals surface area (Å²) in [4.78, 5) is 22.7. The molecule has 0 unspecified atom stereocenters. The third kappa shape index (κ3) is 3.17. The molecule has 0 aliphatic rings. The van der Waals surface area contributed by atoms with E-state index in [9.17, 15) is 9.59 Å². The molecule has 0 saturated carbocycles. The van der Waals surface area contributed by atoms with Gasteiger partial charge in [-0.2, -0.15) is 0 Å². The second-order valence-electron chi connectivity index (χ2n) is 4.18. The SMILES string of the molecule is Cn1ccc(NC(=O)OCc2ccccc2)c1C(=O)O. The number of carboxylic acid groups (broad SMARTS) is 1. The van der Waals surface area contributed by atoms with Crippen molar-refractivity contribution in [2.75, 3.05) is 5.32 Å². The van der Waals surface area contributed by atoms with E-state index in [2.05, 4.69) is 5.32 Å². The third-order valence-electron chi connectivity index (χ3n) is 2.72. The number of carboxylic acids is 1. The molecule has 0 radical (unpaired) electrons. The molecule has 2 rings (SSSR count). The quantitative estimate of drug-likeness (QED) is 0.897. The van der Waals surface area contributed by atoms with Crippen LogP contribution in [0.5, 0.6) is 0 Å². The maximum Gasteiger partial charge on any atom is 0.412 e. The Hall–Kier alpha value is -2.76. The van der Waals surface area contributed by atoms with Crippen LogP contribution in [0.4, 0.5) is 10.5 Å². The fraction of sp³-hybridized carbons (Fsp3) is 0.143. The van der Waals surface area contributed by atoms with E-state index in [1.165, 1.54) is 10.6 Å². The van der Waals surface area contributed by atoms with Gasteiger partial charge < -0.3 is 14.4 Å². The zero-order valence-corrected chi connectivity index (χ0v) is 10.9. The van der Waals surface area contributed by atoms with Gasteiger partial charge in [0.1, 0.15) is 6.61 Å². The zero-order valence-electron chi connectivity index (χ0n) is 10.9. The lowest BCUT2D eigenvalue weighted by Crippen LogP contribution is -2.16. The van der Waals surface area contributed by atoms with Crippen molar-refractivity contribution in [3.05, 3.63) is 53.9 Å². The van der Waals surface area contributed by atoms with Crippen molar-refractivity contribution in [2.45, 2.75) is 6.61 Å². The predicted molar refractivity (Wildman–Crippen MR) is 72.6 cm³/mol. The Morgan fingerprint density at radius 1 is 1.25 bits per heavy atom. The summed E-state index contributed by atoms with van der Waals surface area (Å²) in [6, 6.07) is 10.7. The van der Waals surface area contributed by atoms with E-state index in [1.54, 1.807) is 13.2 Å². The highest BCUT2D eigenvalue weighted by atomic mass is 16.5. The maximum absolute atomic E-state index is 11.6. The van der Waals surface area contributed by atoms with Gasteiger partial charge in [-0.1, -0.05) is 30.3 Å². The van der Waals surface area contributed by atoms with Crippen LogP contribution in [-0.2, 0) is 18.4 Å². The van der Waals surface area contributed by atoms with Crippen molar-refractivity contribution < 1.29 is 19.4 Å². The van der Waals surface area contributed by atoms with E-state index < -0.39 is 12.1 Å². The van der Waals surface area contributed by atoms with Crippen molar-refractivity contribution in [2.24, 2.45) is 7.05 Å². The Morgan fingerprint density at radius 2 is 1.95 bits per heavy atom. The number of aryl methyl sites for hydroxylation is 1. The van der Waals surface area contributed by atoms with Crippen LogP contribution in [0.15, 0.2) is 42.6 Å². The van der Waals surface area contributed by atoms with Crippen LogP contribution in [0.25, 0.3) is 0 Å². The molecule has 1 aromatic carbocycles. The van der Waals surface area contributed by atoms with Crippen LogP contribution in [0.3, 0.4) is 0 Å². The largest absolute Gasteiger partial charge is 0.477 e. The molecule has 0 saturated heterocycles. The summed E-state index contributed by atoms with van der Waals surface area (Å²) in [7, 11) is 1.59. The highest BCUT2D eigenvalue weighted by Crippen LogP contribution is 2.16. The number of carbonyl (C=O) groups excluding carboxylic acids is 1. The topological polar surface area (TPSA) is 80.6 Å². The monoisotopic (exact) mass is 274 g/mol. The molecule has 2 aromatic rings. The van der Waals surface area contributed by atoms with Crippen LogP contribution in [-0.4, -0.2) is 21.7 Å². The number of aromatic nitrogens is 1. The van der Waals surface area contributed by atoms with Gasteiger partial charge in [-0.05, 0) is 11.6 Å². The molecule has 1 aromatic heterocycles. The number of anilines is 1. The van der Waals surface area contributed by atoms with Gasteiger partial charge in [0.15, 0.2) is 5.69 Å². The van der Waals surface area contributed by atoms with Crippen LogP contribution < -0.4 is 5.32 Å². The zero-order chi connectivity index (χ0) is 14.5. The van der Waals surface area contributed by atoms with Gasteiger partial charge in [-0.25, -0.2) is 9.59 Å². The molecule has 2 N–H and O–H groups in total. The highest BCUT2D eigenvalue weighted by Gasteiger charge is 2.16. The molecular formula is C14H14N2O4. The number of aromatic carboxylic acids is 1. The molecule has 0 aliphatic heterocycles. The Labute approximate surface area is 115 Å². The molecular weight excluding hydrogens is 260 g/mol. The predicted octanol–water partition coefficient (Wildman–Crippen LogP) is 2.47. The van der Waals surface area contributed by atoms with E-state index >= 15 is 0 Å². The first-order valence-electron chi connectivity index (χ1n) is 5.94. The van der Waals surface area contributed by atoms with E-state index in [-0.39, 0.29) is 18.0 Å². The van der Waals surface area contributed by atoms with E-state index in [1.807, 2.05) is 30.3 Å². The molecule has 0 bridgehead atoms. The lowest BCUT2D eigenvalue weighted by Gasteiger charge is -2.07. The standard InChI is InChI=1S/C14H14N2O4/c1-16-8-7-11(12(16)13(17)18)15-14(19)20-9-10-5-3-2-4-6-10/h2-8H,9H2,1H3,(H,15,19)(H,17,18). The number of rotatable bonds is 4. The van der Waals surface area contributed by atoms with Gasteiger partial charge in [-0.3, -0.25) is 5.32 Å². The molecule has 0 aliphatic carbocycles. The second-order valence-corrected chi connectivity index (χ2v) is 4.18. The van der Waals surface area contributed by atoms with Crippen molar-refractivity contribution in [3.63, 3.8) is 0 Å². The van der Waals surface area contributed by atoms with Gasteiger partial charge in [-0.15, -0.1) is 0 Å². The summed E-state index contributed by atoms with van der Waals surface area (Å²) in [5, 5.41) is 11.5. The van der Waals surface area contributed by atoms with Crippen LogP contribution in [0.1, 0.15) is 16.1 Å². The van der Waals surface area contributed by atoms with Crippen molar-refractivity contribution in [3.8, 4) is 0 Å². The van der Waals surface area contributed by atoms with Gasteiger partial charge in [0.05, 0.1) is 5.69 Å². The maximum atomic E-state index is 11.6. The number of hydrogen-bond donors (Lipinski definition) is 2. The summed E-state index contributed by atoms with van der Waals surface area (Å²) in [6.07, 6.45) is 0.860. The van der Waals surface area contributed by atoms with Crippen LogP contribution in [0, 0.1) is 0 Å². The second kappa shape index (κ2) is 5.92. The fourth-order valence-corrected chi connectivity index (χ4v) is 1.77. The number of benzene rings is 1. The summed E-state index contributed by atoms with van der Waals surface area (Å²) in [6.45, 7) is 0.127. The fourth-order valence-electron chi connectivity index (χ4n) is 1.77. The molecule has 1 heterocycles. The Morgan fingerprint density at radius 3 is 2.60 bits per heavy atom. The average Bonchev–Trinajstić information content (AvgIpc) is 2.78. The van der Waals surface area contributed by atoms with Crippen molar-refractivity contribution in [1.82, 2.24) is 4.57 Å². The van der Waals surface area contributed by atoms with E-state index in [0.717, 1.165) is 5.56 Å². The first-order valence-corrected chi connectivity index (χ1v) is 5.94. The minimum Gasteiger partial charge on any atom is -0.477 e. The summed E-state index contributed by atoms with van der Waals surface area (Å²) >= 11 is 0. The van der Waals surface area contributed by atoms with E-state index in [0.29, 0.717) is 0 Å². The number of carbonyl (C=O) groups is 2. The molecule has 1 amide bonds. The van der Waals surface area contributed by atoms with Crippen LogP contribution in [0.2, 0.25) is 0 Å². The number of nitrogens with one attached hydrogen (secondary N) is 1. The van der Waals surface area contributed by atoms with E-state index in [4.69, 9.17) is 9.84 Å². The highest BCUT2D eigenvalue weighted by molar-refractivity contribution is 5.97. The Balaban J connectivity index is 1.97. The van der Waals surface area contributed by atoms with Gasteiger partial charge in [0, 0.05) is 13.2 Å². The van der Waals surface area contributed by atoms with Crippen LogP contribution >= 0.6 is 0 Å². The molecule has 104 valence electrons. The smallest absolute Gasteiger partial charge is 0.412 e. The lowest BCUT2D eigenvalue weighted by molar-refractivity contribution is 0.0688. The van der Waals surface area contributed by atoms with Gasteiger partial charge in [0.25, 0.3) is 0 Å². The first kappa shape index (κ1) is 13.7. The van der Waals surface area contributed by atoms with Gasteiger partial charge in [0.2, 0.25) is 0 Å². The molecule has 20 heavy (non-hydrogen) atoms. The minimum atomic E-state index is -1.11. The number of nitrogens with zero attached hydrogens (tertiary/aromatic N) is 1. The molecule has 0 fully saturated rings. The normalized spacial score (nSPS) is 10.1. The molecule has 0 atom stereocenters. The lowest BCUT2D eigenvalue weighted by atomic mass is 10.2. The molecule has 6 heteroatoms. The minimum absolute atomic E-state index is 0.00154. The molecule has 6 nitrogen and oxygen atoms in total. The third-order valence-corrected chi connectivity index (χ3v) is 2.72. The average molecular weight is 274 g/mol. The summed E-state index contributed by atoms with van der Waals surface area (Å²) in [5.41, 5.74) is 1.06. The first-order chi connectivity index (χ1) is 9.58.